The van der Waals surface area contributed by atoms with Gasteiger partial charge in [-0.2, -0.15) is 0 Å². The number of carbonyl (C=O) groups excluding carboxylic acids is 1. The highest BCUT2D eigenvalue weighted by Gasteiger charge is 2.21. The number of benzene rings is 2. The number of imidazole rings is 2. The van der Waals surface area contributed by atoms with Crippen LogP contribution in [0.3, 0.4) is 0 Å². The van der Waals surface area contributed by atoms with Gasteiger partial charge >= 0.3 is 0 Å². The van der Waals surface area contributed by atoms with E-state index in [9.17, 15) is 13.6 Å². The number of para-hydroxylation sites is 1. The van der Waals surface area contributed by atoms with Crippen LogP contribution in [0.4, 0.5) is 14.5 Å². The lowest BCUT2D eigenvalue weighted by Crippen LogP contribution is -2.15. The summed E-state index contributed by atoms with van der Waals surface area (Å²) in [4.78, 5) is 21.2. The fourth-order valence-corrected chi connectivity index (χ4v) is 3.71. The average Bonchev–Trinajstić information content (AvgIpc) is 3.39. The van der Waals surface area contributed by atoms with Crippen LogP contribution in [0, 0.1) is 11.6 Å². The molecule has 0 unspecified atom stereocenters. The Morgan fingerprint density at radius 1 is 1.10 bits per heavy atom. The van der Waals surface area contributed by atoms with Gasteiger partial charge in [0.1, 0.15) is 28.8 Å². The Balaban J connectivity index is 1.53. The summed E-state index contributed by atoms with van der Waals surface area (Å²) in [5, 5.41) is 2.30. The van der Waals surface area contributed by atoms with E-state index in [0.717, 1.165) is 47.7 Å². The maximum atomic E-state index is 13.9. The highest BCUT2D eigenvalue weighted by Crippen LogP contribution is 2.27. The Morgan fingerprint density at radius 3 is 2.70 bits per heavy atom. The summed E-state index contributed by atoms with van der Waals surface area (Å²) >= 11 is 0. The highest BCUT2D eigenvalue weighted by atomic mass is 19.1. The Labute approximate surface area is 170 Å². The molecule has 4 aromatic rings. The Hall–Kier alpha value is -3.81. The van der Waals surface area contributed by atoms with Gasteiger partial charge in [-0.15, -0.1) is 0 Å². The van der Waals surface area contributed by atoms with Crippen molar-refractivity contribution in [1.82, 2.24) is 19.1 Å². The van der Waals surface area contributed by atoms with Crippen molar-refractivity contribution in [2.75, 3.05) is 5.32 Å². The van der Waals surface area contributed by atoms with Crippen molar-refractivity contribution >= 4 is 11.6 Å². The lowest BCUT2D eigenvalue weighted by Gasteiger charge is -2.12. The van der Waals surface area contributed by atoms with Crippen LogP contribution in [0.2, 0.25) is 0 Å². The van der Waals surface area contributed by atoms with E-state index in [-0.39, 0.29) is 5.69 Å². The molecule has 0 saturated carbocycles. The second kappa shape index (κ2) is 7.22. The van der Waals surface area contributed by atoms with E-state index < -0.39 is 23.2 Å². The number of carbonyl (C=O) groups is 1. The van der Waals surface area contributed by atoms with Crippen molar-refractivity contribution in [2.45, 2.75) is 19.3 Å². The molecule has 1 aliphatic heterocycles. The van der Waals surface area contributed by atoms with Crippen LogP contribution in [-0.2, 0) is 12.8 Å². The number of hydrogen-bond acceptors (Lipinski definition) is 3. The van der Waals surface area contributed by atoms with E-state index in [2.05, 4.69) is 21.4 Å². The quantitative estimate of drug-likeness (QED) is 0.559. The lowest BCUT2D eigenvalue weighted by atomic mass is 10.1. The third kappa shape index (κ3) is 3.16. The molecular formula is C22H17F2N5O. The summed E-state index contributed by atoms with van der Waals surface area (Å²) in [6.45, 7) is 0. The molecule has 0 bridgehead atoms. The van der Waals surface area contributed by atoms with E-state index in [1.54, 1.807) is 18.7 Å². The average molecular weight is 405 g/mol. The number of fused-ring (bicyclic) bond motifs is 3. The predicted octanol–water partition coefficient (Wildman–Crippen LogP) is 4.08. The second-order valence-corrected chi connectivity index (χ2v) is 7.10. The Kier molecular flexibility index (Phi) is 4.39. The van der Waals surface area contributed by atoms with Gasteiger partial charge in [0, 0.05) is 30.7 Å². The molecule has 30 heavy (non-hydrogen) atoms. The van der Waals surface area contributed by atoms with E-state index in [4.69, 9.17) is 0 Å². The normalized spacial score (nSPS) is 12.7. The largest absolute Gasteiger partial charge is 0.316 e. The van der Waals surface area contributed by atoms with Crippen LogP contribution >= 0.6 is 0 Å². The molecule has 0 fully saturated rings. The molecule has 1 amide bonds. The van der Waals surface area contributed by atoms with Gasteiger partial charge in [-0.25, -0.2) is 18.7 Å². The fraction of sp³-hybridized carbons (Fsp3) is 0.136. The van der Waals surface area contributed by atoms with E-state index in [1.807, 2.05) is 27.5 Å². The number of aromatic nitrogens is 4. The Bertz CT molecular complexity index is 1230. The zero-order chi connectivity index (χ0) is 20.7. The van der Waals surface area contributed by atoms with Crippen molar-refractivity contribution in [3.8, 4) is 11.4 Å². The van der Waals surface area contributed by atoms with Crippen LogP contribution in [-0.4, -0.2) is 25.0 Å². The molecule has 0 spiro atoms. The molecule has 1 N–H and O–H groups in total. The summed E-state index contributed by atoms with van der Waals surface area (Å²) < 4.78 is 31.6. The molecule has 0 saturated heterocycles. The van der Waals surface area contributed by atoms with Crippen molar-refractivity contribution in [3.05, 3.63) is 90.0 Å². The summed E-state index contributed by atoms with van der Waals surface area (Å²) in [7, 11) is 0. The zero-order valence-corrected chi connectivity index (χ0v) is 15.8. The molecule has 0 radical (unpaired) electrons. The summed E-state index contributed by atoms with van der Waals surface area (Å²) in [5.41, 5.74) is 2.63. The van der Waals surface area contributed by atoms with Gasteiger partial charge in [0.15, 0.2) is 0 Å². The van der Waals surface area contributed by atoms with Crippen molar-refractivity contribution < 1.29 is 13.6 Å². The minimum Gasteiger partial charge on any atom is -0.316 e. The van der Waals surface area contributed by atoms with Gasteiger partial charge < -0.3 is 14.5 Å². The molecule has 2 aromatic heterocycles. The monoisotopic (exact) mass is 405 g/mol. The van der Waals surface area contributed by atoms with Crippen molar-refractivity contribution in [1.29, 1.82) is 0 Å². The van der Waals surface area contributed by atoms with Gasteiger partial charge in [0.05, 0.1) is 12.0 Å². The molecule has 5 rings (SSSR count). The van der Waals surface area contributed by atoms with Crippen LogP contribution < -0.4 is 5.32 Å². The Morgan fingerprint density at radius 2 is 1.93 bits per heavy atom. The van der Waals surface area contributed by atoms with Gasteiger partial charge in [-0.3, -0.25) is 4.79 Å². The first-order chi connectivity index (χ1) is 14.6. The molecule has 2 aromatic carbocycles. The highest BCUT2D eigenvalue weighted by molar-refractivity contribution is 6.03. The van der Waals surface area contributed by atoms with Gasteiger partial charge in [0.2, 0.25) is 0 Å². The first-order valence-electron chi connectivity index (χ1n) is 9.55. The molecule has 0 aliphatic carbocycles. The molecule has 0 atom stereocenters. The number of nitrogens with zero attached hydrogens (tertiary/aromatic N) is 4. The van der Waals surface area contributed by atoms with Gasteiger partial charge in [-0.05, 0) is 42.7 Å². The first kappa shape index (κ1) is 18.2. The number of nitrogens with one attached hydrogen (secondary N) is 1. The number of hydrogen-bond donors (Lipinski definition) is 1. The number of rotatable bonds is 3. The van der Waals surface area contributed by atoms with Crippen molar-refractivity contribution in [3.63, 3.8) is 0 Å². The summed E-state index contributed by atoms with van der Waals surface area (Å²) in [6.07, 6.45) is 9.37. The van der Waals surface area contributed by atoms with Gasteiger partial charge in [-0.1, -0.05) is 12.1 Å². The minimum atomic E-state index is -0.834. The smallest absolute Gasteiger partial charge is 0.276 e. The maximum Gasteiger partial charge on any atom is 0.276 e. The summed E-state index contributed by atoms with van der Waals surface area (Å²) in [5.74, 6) is -1.60. The minimum absolute atomic E-state index is 0.105. The maximum absolute atomic E-state index is 13.9. The number of aryl methyl sites for hydroxylation is 2. The summed E-state index contributed by atoms with van der Waals surface area (Å²) in [6, 6.07) is 9.54. The van der Waals surface area contributed by atoms with Crippen LogP contribution in [0.25, 0.3) is 11.4 Å². The molecule has 8 heteroatoms. The SMILES string of the molecule is O=C(Nc1c(F)cccc1F)c1cn2c(n1)CCCc1ccc(-n3ccnc3)cc1-2. The third-order valence-electron chi connectivity index (χ3n) is 5.19. The number of anilines is 1. The molecule has 6 nitrogen and oxygen atoms in total. The number of halogens is 2. The van der Waals surface area contributed by atoms with Gasteiger partial charge in [0.25, 0.3) is 5.91 Å². The second-order valence-electron chi connectivity index (χ2n) is 7.10. The van der Waals surface area contributed by atoms with Crippen LogP contribution in [0.1, 0.15) is 28.3 Å². The molecule has 150 valence electrons. The zero-order valence-electron chi connectivity index (χ0n) is 15.8. The number of amides is 1. The lowest BCUT2D eigenvalue weighted by molar-refractivity contribution is 0.102. The third-order valence-corrected chi connectivity index (χ3v) is 5.19. The topological polar surface area (TPSA) is 64.7 Å². The first-order valence-corrected chi connectivity index (χ1v) is 9.55. The predicted molar refractivity (Wildman–Crippen MR) is 107 cm³/mol. The fourth-order valence-electron chi connectivity index (χ4n) is 3.71. The van der Waals surface area contributed by atoms with E-state index >= 15 is 0 Å². The standard InChI is InChI=1S/C22H17F2N5O/c23-16-4-2-5-17(24)21(16)27-22(30)18-12-29-19-11-15(28-10-9-25-13-28)8-7-14(19)3-1-6-20(29)26-18/h2,4-5,7-13H,1,3,6H2,(H,27,30). The van der Waals surface area contributed by atoms with Crippen LogP contribution in [0.5, 0.6) is 0 Å². The molecule has 3 heterocycles. The van der Waals surface area contributed by atoms with Crippen LogP contribution in [0.15, 0.2) is 61.3 Å². The van der Waals surface area contributed by atoms with Crippen molar-refractivity contribution in [2.24, 2.45) is 0 Å². The molecule has 1 aliphatic rings. The van der Waals surface area contributed by atoms with E-state index in [0.29, 0.717) is 6.42 Å². The van der Waals surface area contributed by atoms with E-state index in [1.165, 1.54) is 6.07 Å². The molecular weight excluding hydrogens is 388 g/mol.